The van der Waals surface area contributed by atoms with Crippen molar-refractivity contribution in [3.63, 3.8) is 0 Å². The third-order valence-electron chi connectivity index (χ3n) is 6.89. The molecule has 0 spiro atoms. The largest absolute Gasteiger partial charge is 0.497 e. The molecule has 1 aromatic heterocycles. The summed E-state index contributed by atoms with van der Waals surface area (Å²) in [5.41, 5.74) is 5.76. The second kappa shape index (κ2) is 11.9. The smallest absolute Gasteiger partial charge is 0.144 e. The van der Waals surface area contributed by atoms with Crippen molar-refractivity contribution in [1.29, 1.82) is 0 Å². The highest BCUT2D eigenvalue weighted by Gasteiger charge is 2.38. The van der Waals surface area contributed by atoms with E-state index in [0.717, 1.165) is 50.6 Å². The standard InChI is InChI=1S/C34H31NO4/c1-37-31-17-13-29(14-18-31)34(28-6-4-3-5-7-28,30-15-19-32(38-2)20-16-30)39-24-26-10-21-33(35-22-26)27-11-8-25(23-36)9-12-27/h3-22,36H,23-24H2,1-2H3. The maximum atomic E-state index is 9.32. The van der Waals surface area contributed by atoms with Crippen LogP contribution in [0.15, 0.2) is 121 Å². The van der Waals surface area contributed by atoms with Crippen molar-refractivity contribution in [2.24, 2.45) is 0 Å². The number of nitrogens with zero attached hydrogens (tertiary/aromatic N) is 1. The quantitative estimate of drug-likeness (QED) is 0.207. The van der Waals surface area contributed by atoms with Crippen LogP contribution in [0.5, 0.6) is 11.5 Å². The second-order valence-corrected chi connectivity index (χ2v) is 9.20. The van der Waals surface area contributed by atoms with Crippen LogP contribution >= 0.6 is 0 Å². The van der Waals surface area contributed by atoms with Crippen molar-refractivity contribution in [3.05, 3.63) is 149 Å². The third kappa shape index (κ3) is 5.55. The van der Waals surface area contributed by atoms with Gasteiger partial charge in [-0.2, -0.15) is 0 Å². The number of aromatic nitrogens is 1. The van der Waals surface area contributed by atoms with E-state index in [1.807, 2.05) is 109 Å². The molecular weight excluding hydrogens is 486 g/mol. The first kappa shape index (κ1) is 26.2. The monoisotopic (exact) mass is 517 g/mol. The minimum atomic E-state index is -0.890. The summed E-state index contributed by atoms with van der Waals surface area (Å²) in [7, 11) is 3.33. The predicted octanol–water partition coefficient (Wildman–Crippen LogP) is 6.77. The summed E-state index contributed by atoms with van der Waals surface area (Å²) in [5, 5.41) is 9.32. The Balaban J connectivity index is 1.53. The number of aliphatic hydroxyl groups is 1. The van der Waals surface area contributed by atoms with Gasteiger partial charge in [0, 0.05) is 11.8 Å². The number of benzene rings is 4. The van der Waals surface area contributed by atoms with Crippen LogP contribution in [-0.4, -0.2) is 24.3 Å². The molecule has 5 heteroatoms. The fraction of sp³-hybridized carbons (Fsp3) is 0.147. The van der Waals surface area contributed by atoms with E-state index in [2.05, 4.69) is 12.1 Å². The second-order valence-electron chi connectivity index (χ2n) is 9.20. The van der Waals surface area contributed by atoms with Gasteiger partial charge in [0.25, 0.3) is 0 Å². The number of hydrogen-bond acceptors (Lipinski definition) is 5. The molecule has 1 heterocycles. The molecule has 0 saturated heterocycles. The Bertz CT molecular complexity index is 1420. The van der Waals surface area contributed by atoms with E-state index in [0.29, 0.717) is 6.61 Å². The van der Waals surface area contributed by atoms with Crippen LogP contribution in [0.3, 0.4) is 0 Å². The first-order valence-electron chi connectivity index (χ1n) is 12.8. The summed E-state index contributed by atoms with van der Waals surface area (Å²) in [6.07, 6.45) is 1.85. The number of methoxy groups -OCH3 is 2. The molecule has 4 aromatic carbocycles. The Morgan fingerprint density at radius 1 is 0.615 bits per heavy atom. The van der Waals surface area contributed by atoms with E-state index >= 15 is 0 Å². The van der Waals surface area contributed by atoms with Crippen LogP contribution in [0.25, 0.3) is 11.3 Å². The van der Waals surface area contributed by atoms with Crippen molar-refractivity contribution in [2.75, 3.05) is 14.2 Å². The molecule has 0 aliphatic rings. The highest BCUT2D eigenvalue weighted by atomic mass is 16.5. The Hall–Kier alpha value is -4.45. The van der Waals surface area contributed by atoms with E-state index in [1.54, 1.807) is 14.2 Å². The number of pyridine rings is 1. The Morgan fingerprint density at radius 3 is 1.64 bits per heavy atom. The van der Waals surface area contributed by atoms with Gasteiger partial charge in [0.15, 0.2) is 0 Å². The first-order valence-corrected chi connectivity index (χ1v) is 12.8. The molecule has 0 unspecified atom stereocenters. The van der Waals surface area contributed by atoms with Crippen LogP contribution in [0.2, 0.25) is 0 Å². The molecular formula is C34H31NO4. The molecule has 0 amide bonds. The van der Waals surface area contributed by atoms with Gasteiger partial charge < -0.3 is 19.3 Å². The zero-order chi connectivity index (χ0) is 27.1. The van der Waals surface area contributed by atoms with Gasteiger partial charge in [-0.05, 0) is 58.1 Å². The number of rotatable bonds is 10. The summed E-state index contributed by atoms with van der Waals surface area (Å²) in [6.45, 7) is 0.360. The predicted molar refractivity (Wildman–Crippen MR) is 153 cm³/mol. The van der Waals surface area contributed by atoms with Crippen molar-refractivity contribution in [1.82, 2.24) is 4.98 Å². The van der Waals surface area contributed by atoms with Gasteiger partial charge in [-0.3, -0.25) is 4.98 Å². The molecule has 0 saturated carbocycles. The number of hydrogen-bond donors (Lipinski definition) is 1. The molecule has 0 atom stereocenters. The molecule has 1 N–H and O–H groups in total. The first-order chi connectivity index (χ1) is 19.2. The van der Waals surface area contributed by atoms with Crippen molar-refractivity contribution in [3.8, 4) is 22.8 Å². The zero-order valence-corrected chi connectivity index (χ0v) is 22.1. The van der Waals surface area contributed by atoms with Gasteiger partial charge in [0.1, 0.15) is 17.1 Å². The minimum absolute atomic E-state index is 0.0234. The summed E-state index contributed by atoms with van der Waals surface area (Å²) >= 11 is 0. The Labute approximate surface area is 229 Å². The zero-order valence-electron chi connectivity index (χ0n) is 22.1. The summed E-state index contributed by atoms with van der Waals surface area (Å²) in [5.74, 6) is 1.56. The van der Waals surface area contributed by atoms with E-state index in [9.17, 15) is 5.11 Å². The van der Waals surface area contributed by atoms with Crippen LogP contribution in [0.4, 0.5) is 0 Å². The van der Waals surface area contributed by atoms with Crippen molar-refractivity contribution >= 4 is 0 Å². The molecule has 39 heavy (non-hydrogen) atoms. The van der Waals surface area contributed by atoms with Crippen molar-refractivity contribution < 1.29 is 19.3 Å². The summed E-state index contributed by atoms with van der Waals surface area (Å²) < 4.78 is 17.8. The molecule has 0 aliphatic heterocycles. The van der Waals surface area contributed by atoms with Crippen LogP contribution in [0, 0.1) is 0 Å². The Kier molecular flexibility index (Phi) is 8.02. The van der Waals surface area contributed by atoms with E-state index in [1.165, 1.54) is 0 Å². The van der Waals surface area contributed by atoms with E-state index in [-0.39, 0.29) is 6.61 Å². The number of ether oxygens (including phenoxy) is 3. The third-order valence-corrected chi connectivity index (χ3v) is 6.89. The lowest BCUT2D eigenvalue weighted by molar-refractivity contribution is 0.0000785. The van der Waals surface area contributed by atoms with Gasteiger partial charge in [-0.25, -0.2) is 0 Å². The molecule has 0 aliphatic carbocycles. The van der Waals surface area contributed by atoms with Crippen molar-refractivity contribution in [2.45, 2.75) is 18.8 Å². The maximum Gasteiger partial charge on any atom is 0.144 e. The minimum Gasteiger partial charge on any atom is -0.497 e. The molecule has 5 nitrogen and oxygen atoms in total. The van der Waals surface area contributed by atoms with E-state index < -0.39 is 5.60 Å². The van der Waals surface area contributed by atoms with Gasteiger partial charge >= 0.3 is 0 Å². The van der Waals surface area contributed by atoms with Crippen LogP contribution < -0.4 is 9.47 Å². The van der Waals surface area contributed by atoms with Crippen LogP contribution in [-0.2, 0) is 23.6 Å². The molecule has 0 bridgehead atoms. The average molecular weight is 518 g/mol. The summed E-state index contributed by atoms with van der Waals surface area (Å²) in [4.78, 5) is 4.69. The lowest BCUT2D eigenvalue weighted by Gasteiger charge is -2.36. The van der Waals surface area contributed by atoms with E-state index in [4.69, 9.17) is 19.2 Å². The fourth-order valence-electron chi connectivity index (χ4n) is 4.73. The Morgan fingerprint density at radius 2 is 1.15 bits per heavy atom. The fourth-order valence-corrected chi connectivity index (χ4v) is 4.73. The lowest BCUT2D eigenvalue weighted by Crippen LogP contribution is -2.32. The summed E-state index contributed by atoms with van der Waals surface area (Å²) in [6, 6.07) is 38.1. The normalized spacial score (nSPS) is 11.3. The highest BCUT2D eigenvalue weighted by Crippen LogP contribution is 2.42. The van der Waals surface area contributed by atoms with Gasteiger partial charge in [-0.15, -0.1) is 0 Å². The number of aliphatic hydroxyl groups excluding tert-OH is 1. The topological polar surface area (TPSA) is 60.8 Å². The molecule has 0 fully saturated rings. The molecule has 196 valence electrons. The lowest BCUT2D eigenvalue weighted by atomic mass is 9.80. The highest BCUT2D eigenvalue weighted by molar-refractivity contribution is 5.59. The van der Waals surface area contributed by atoms with Gasteiger partial charge in [-0.1, -0.05) is 84.9 Å². The van der Waals surface area contributed by atoms with Gasteiger partial charge in [0.2, 0.25) is 0 Å². The average Bonchev–Trinajstić information content (AvgIpc) is 3.03. The van der Waals surface area contributed by atoms with Crippen LogP contribution in [0.1, 0.15) is 27.8 Å². The molecule has 5 rings (SSSR count). The SMILES string of the molecule is COc1ccc(C(OCc2ccc(-c3ccc(CO)cc3)nc2)(c2ccccc2)c2ccc(OC)cc2)cc1. The molecule has 5 aromatic rings. The maximum absolute atomic E-state index is 9.32. The molecule has 0 radical (unpaired) electrons. The van der Waals surface area contributed by atoms with Gasteiger partial charge in [0.05, 0.1) is 33.1 Å².